The predicted molar refractivity (Wildman–Crippen MR) is 135 cm³/mol. The van der Waals surface area contributed by atoms with Crippen molar-refractivity contribution in [1.82, 2.24) is 4.98 Å². The maximum Gasteiger partial charge on any atom is 0.0355 e. The Balaban J connectivity index is 1.54. The van der Waals surface area contributed by atoms with Crippen molar-refractivity contribution >= 4 is 63.8 Å². The second kappa shape index (κ2) is 6.37. The number of fused-ring (bicyclic) bond motifs is 9. The highest BCUT2D eigenvalue weighted by Crippen LogP contribution is 2.39. The van der Waals surface area contributed by atoms with E-state index in [0.717, 1.165) is 0 Å². The summed E-state index contributed by atoms with van der Waals surface area (Å²) in [7, 11) is 0. The Morgan fingerprint density at radius 1 is 0.452 bits per heavy atom. The molecular formula is C29H17NS. The highest BCUT2D eigenvalue weighted by Gasteiger charge is 2.11. The standard InChI is InChI=1S/C29H17NS/c1-2-6-21-20(5-1)22-11-9-18(15-25(22)23-13-14-30-17-27(21)23)19-10-12-29-26(16-19)24-7-3-4-8-28(24)31-29/h1-17H. The normalized spacial score (nSPS) is 11.9. The highest BCUT2D eigenvalue weighted by molar-refractivity contribution is 7.25. The van der Waals surface area contributed by atoms with E-state index in [1.54, 1.807) is 0 Å². The fourth-order valence-electron chi connectivity index (χ4n) is 4.88. The van der Waals surface area contributed by atoms with Crippen molar-refractivity contribution in [2.75, 3.05) is 0 Å². The van der Waals surface area contributed by atoms with Gasteiger partial charge in [0.15, 0.2) is 0 Å². The van der Waals surface area contributed by atoms with Gasteiger partial charge in [0.25, 0.3) is 0 Å². The van der Waals surface area contributed by atoms with Gasteiger partial charge in [0.05, 0.1) is 0 Å². The number of nitrogens with zero attached hydrogens (tertiary/aromatic N) is 1. The molecule has 31 heavy (non-hydrogen) atoms. The maximum atomic E-state index is 4.41. The number of pyridine rings is 1. The molecule has 0 unspecified atom stereocenters. The van der Waals surface area contributed by atoms with E-state index >= 15 is 0 Å². The summed E-state index contributed by atoms with van der Waals surface area (Å²) >= 11 is 1.86. The van der Waals surface area contributed by atoms with Gasteiger partial charge in [0, 0.05) is 38.0 Å². The second-order valence-corrected chi connectivity index (χ2v) is 9.12. The molecule has 5 aromatic carbocycles. The van der Waals surface area contributed by atoms with Gasteiger partial charge in [-0.15, -0.1) is 11.3 Å². The summed E-state index contributed by atoms with van der Waals surface area (Å²) in [6.45, 7) is 0. The molecule has 0 bridgehead atoms. The van der Waals surface area contributed by atoms with E-state index in [9.17, 15) is 0 Å². The Labute approximate surface area is 183 Å². The minimum absolute atomic E-state index is 1.21. The Kier molecular flexibility index (Phi) is 3.49. The molecule has 2 heteroatoms. The quantitative estimate of drug-likeness (QED) is 0.247. The molecule has 2 heterocycles. The van der Waals surface area contributed by atoms with E-state index in [0.29, 0.717) is 0 Å². The van der Waals surface area contributed by atoms with E-state index in [1.807, 2.05) is 23.7 Å². The molecule has 7 rings (SSSR count). The molecule has 0 aliphatic carbocycles. The van der Waals surface area contributed by atoms with Gasteiger partial charge < -0.3 is 0 Å². The molecule has 144 valence electrons. The van der Waals surface area contributed by atoms with Crippen LogP contribution in [0.25, 0.3) is 63.6 Å². The molecule has 0 fully saturated rings. The van der Waals surface area contributed by atoms with Crippen LogP contribution in [0.2, 0.25) is 0 Å². The van der Waals surface area contributed by atoms with Gasteiger partial charge in [-0.25, -0.2) is 0 Å². The first-order chi connectivity index (χ1) is 15.4. The van der Waals surface area contributed by atoms with Crippen molar-refractivity contribution in [1.29, 1.82) is 0 Å². The second-order valence-electron chi connectivity index (χ2n) is 8.04. The highest BCUT2D eigenvalue weighted by atomic mass is 32.1. The van der Waals surface area contributed by atoms with E-state index in [1.165, 1.54) is 63.6 Å². The van der Waals surface area contributed by atoms with Gasteiger partial charge in [0.1, 0.15) is 0 Å². The largest absolute Gasteiger partial charge is 0.264 e. The molecule has 0 aliphatic rings. The van der Waals surface area contributed by atoms with Crippen LogP contribution in [0.15, 0.2) is 103 Å². The minimum Gasteiger partial charge on any atom is -0.264 e. The number of thiophene rings is 1. The van der Waals surface area contributed by atoms with Gasteiger partial charge in [-0.1, -0.05) is 60.7 Å². The Bertz CT molecular complexity index is 1760. The molecule has 0 radical (unpaired) electrons. The molecule has 0 atom stereocenters. The fourth-order valence-corrected chi connectivity index (χ4v) is 5.97. The Morgan fingerprint density at radius 2 is 1.06 bits per heavy atom. The van der Waals surface area contributed by atoms with Crippen LogP contribution in [-0.2, 0) is 0 Å². The molecule has 0 aliphatic heterocycles. The SMILES string of the molecule is c1ccc2c(c1)sc1ccc(-c3ccc4c5ccccc5c5cnccc5c4c3)cc12. The lowest BCUT2D eigenvalue weighted by atomic mass is 9.92. The van der Waals surface area contributed by atoms with Crippen LogP contribution in [0.3, 0.4) is 0 Å². The molecule has 0 saturated carbocycles. The lowest BCUT2D eigenvalue weighted by molar-refractivity contribution is 1.37. The van der Waals surface area contributed by atoms with Crippen LogP contribution in [0, 0.1) is 0 Å². The number of aromatic nitrogens is 1. The lowest BCUT2D eigenvalue weighted by Crippen LogP contribution is -1.85. The number of hydrogen-bond donors (Lipinski definition) is 0. The van der Waals surface area contributed by atoms with E-state index in [2.05, 4.69) is 96.0 Å². The van der Waals surface area contributed by atoms with Crippen LogP contribution < -0.4 is 0 Å². The van der Waals surface area contributed by atoms with Crippen LogP contribution in [0.1, 0.15) is 0 Å². The van der Waals surface area contributed by atoms with Crippen molar-refractivity contribution in [3.05, 3.63) is 103 Å². The number of rotatable bonds is 1. The van der Waals surface area contributed by atoms with Crippen LogP contribution in [0.5, 0.6) is 0 Å². The molecule has 0 spiro atoms. The van der Waals surface area contributed by atoms with Gasteiger partial charge in [-0.05, 0) is 68.4 Å². The van der Waals surface area contributed by atoms with Crippen molar-refractivity contribution in [2.45, 2.75) is 0 Å². The van der Waals surface area contributed by atoms with Crippen LogP contribution >= 0.6 is 11.3 Å². The summed E-state index contributed by atoms with van der Waals surface area (Å²) in [5.41, 5.74) is 2.51. The summed E-state index contributed by atoms with van der Waals surface area (Å²) in [4.78, 5) is 4.41. The summed E-state index contributed by atoms with van der Waals surface area (Å²) in [6.07, 6.45) is 3.89. The van der Waals surface area contributed by atoms with Gasteiger partial charge in [-0.3, -0.25) is 4.98 Å². The minimum atomic E-state index is 1.21. The summed E-state index contributed by atoms with van der Waals surface area (Å²) in [5.74, 6) is 0. The average Bonchev–Trinajstić information content (AvgIpc) is 3.22. The molecule has 0 amide bonds. The van der Waals surface area contributed by atoms with E-state index in [-0.39, 0.29) is 0 Å². The number of hydrogen-bond acceptors (Lipinski definition) is 2. The zero-order chi connectivity index (χ0) is 20.4. The third kappa shape index (κ3) is 2.46. The van der Waals surface area contributed by atoms with Crippen molar-refractivity contribution in [2.24, 2.45) is 0 Å². The third-order valence-electron chi connectivity index (χ3n) is 6.35. The summed E-state index contributed by atoms with van der Waals surface area (Å²) < 4.78 is 2.69. The van der Waals surface area contributed by atoms with Crippen molar-refractivity contribution in [3.8, 4) is 11.1 Å². The van der Waals surface area contributed by atoms with E-state index in [4.69, 9.17) is 0 Å². The monoisotopic (exact) mass is 411 g/mol. The van der Waals surface area contributed by atoms with E-state index < -0.39 is 0 Å². The first-order valence-electron chi connectivity index (χ1n) is 10.5. The fraction of sp³-hybridized carbons (Fsp3) is 0. The molecule has 0 saturated heterocycles. The Morgan fingerprint density at radius 3 is 1.94 bits per heavy atom. The maximum absolute atomic E-state index is 4.41. The topological polar surface area (TPSA) is 12.9 Å². The average molecular weight is 412 g/mol. The third-order valence-corrected chi connectivity index (χ3v) is 7.50. The molecule has 0 N–H and O–H groups in total. The van der Waals surface area contributed by atoms with Gasteiger partial charge in [-0.2, -0.15) is 0 Å². The van der Waals surface area contributed by atoms with Crippen molar-refractivity contribution in [3.63, 3.8) is 0 Å². The summed E-state index contributed by atoms with van der Waals surface area (Å²) in [5, 5.41) is 10.3. The van der Waals surface area contributed by atoms with Gasteiger partial charge >= 0.3 is 0 Å². The lowest BCUT2D eigenvalue weighted by Gasteiger charge is -2.12. The van der Waals surface area contributed by atoms with Crippen LogP contribution in [-0.4, -0.2) is 4.98 Å². The number of benzene rings is 5. The molecule has 2 aromatic heterocycles. The molecule has 1 nitrogen and oxygen atoms in total. The van der Waals surface area contributed by atoms with Gasteiger partial charge in [0.2, 0.25) is 0 Å². The first kappa shape index (κ1) is 17.0. The predicted octanol–water partition coefficient (Wildman–Crippen LogP) is 8.58. The van der Waals surface area contributed by atoms with Crippen molar-refractivity contribution < 1.29 is 0 Å². The van der Waals surface area contributed by atoms with Crippen LogP contribution in [0.4, 0.5) is 0 Å². The first-order valence-corrected chi connectivity index (χ1v) is 11.3. The Hall–Kier alpha value is -3.75. The zero-order valence-corrected chi connectivity index (χ0v) is 17.5. The molecule has 7 aromatic rings. The zero-order valence-electron chi connectivity index (χ0n) is 16.7. The smallest absolute Gasteiger partial charge is 0.0355 e. The molecular weight excluding hydrogens is 394 g/mol. The summed E-state index contributed by atoms with van der Waals surface area (Å²) in [6, 6.07) is 33.2.